The van der Waals surface area contributed by atoms with Gasteiger partial charge < -0.3 is 4.74 Å². The second-order valence-corrected chi connectivity index (χ2v) is 7.26. The van der Waals surface area contributed by atoms with Crippen molar-refractivity contribution in [2.24, 2.45) is 5.92 Å². The number of Topliss-reactive ketones (excluding diaryl/α,β-unsaturated/α-hetero) is 1. The van der Waals surface area contributed by atoms with Crippen molar-refractivity contribution >= 4 is 22.7 Å². The van der Waals surface area contributed by atoms with Crippen LogP contribution in [0.25, 0.3) is 10.9 Å². The molecular weight excluding hydrogens is 357 g/mol. The Morgan fingerprint density at radius 3 is 2.71 bits per heavy atom. The Bertz CT molecular complexity index is 1080. The number of para-hydroxylation sites is 1. The number of halogens is 1. The van der Waals surface area contributed by atoms with Gasteiger partial charge in [0.05, 0.1) is 16.6 Å². The highest BCUT2D eigenvalue weighted by molar-refractivity contribution is 6.06. The van der Waals surface area contributed by atoms with E-state index in [0.29, 0.717) is 11.5 Å². The number of fused-ring (bicyclic) bond motifs is 2. The van der Waals surface area contributed by atoms with E-state index in [-0.39, 0.29) is 5.56 Å². The van der Waals surface area contributed by atoms with E-state index >= 15 is 0 Å². The molecule has 0 radical (unpaired) electrons. The molecule has 3 aromatic rings. The molecule has 0 amide bonds. The van der Waals surface area contributed by atoms with Crippen LogP contribution in [0.15, 0.2) is 48.5 Å². The summed E-state index contributed by atoms with van der Waals surface area (Å²) >= 11 is 0. The van der Waals surface area contributed by atoms with Crippen molar-refractivity contribution in [3.63, 3.8) is 0 Å². The quantitative estimate of drug-likeness (QED) is 0.495. The summed E-state index contributed by atoms with van der Waals surface area (Å²) in [7, 11) is 0. The molecule has 0 saturated heterocycles. The Morgan fingerprint density at radius 1 is 1.14 bits per heavy atom. The molecule has 0 spiro atoms. The van der Waals surface area contributed by atoms with Crippen LogP contribution in [0.3, 0.4) is 0 Å². The van der Waals surface area contributed by atoms with Crippen molar-refractivity contribution in [2.45, 2.75) is 26.2 Å². The van der Waals surface area contributed by atoms with Crippen LogP contribution in [-0.4, -0.2) is 23.3 Å². The van der Waals surface area contributed by atoms with Gasteiger partial charge in [0, 0.05) is 11.1 Å². The monoisotopic (exact) mass is 377 g/mol. The third kappa shape index (κ3) is 3.40. The lowest BCUT2D eigenvalue weighted by molar-refractivity contribution is 0.0474. The smallest absolute Gasteiger partial charge is 0.339 e. The molecule has 4 rings (SSSR count). The van der Waals surface area contributed by atoms with Crippen molar-refractivity contribution in [3.05, 3.63) is 76.7 Å². The number of hydrogen-bond acceptors (Lipinski definition) is 4. The van der Waals surface area contributed by atoms with Crippen molar-refractivity contribution < 1.29 is 18.7 Å². The largest absolute Gasteiger partial charge is 0.454 e. The number of benzene rings is 2. The number of hydrogen-bond donors (Lipinski definition) is 0. The first kappa shape index (κ1) is 18.3. The fourth-order valence-corrected chi connectivity index (χ4v) is 3.76. The van der Waals surface area contributed by atoms with Gasteiger partial charge in [0.2, 0.25) is 5.78 Å². The molecule has 28 heavy (non-hydrogen) atoms. The lowest BCUT2D eigenvalue weighted by Crippen LogP contribution is -2.21. The van der Waals surface area contributed by atoms with Gasteiger partial charge in [0.25, 0.3) is 0 Å². The van der Waals surface area contributed by atoms with E-state index in [1.165, 1.54) is 18.2 Å². The Labute approximate surface area is 162 Å². The Hall–Kier alpha value is -3.08. The first-order chi connectivity index (χ1) is 13.5. The van der Waals surface area contributed by atoms with Gasteiger partial charge in [0.15, 0.2) is 6.61 Å². The average molecular weight is 377 g/mol. The van der Waals surface area contributed by atoms with Crippen LogP contribution in [0.2, 0.25) is 0 Å². The molecule has 0 bridgehead atoms. The molecular formula is C23H20FNO3. The minimum atomic E-state index is -0.621. The zero-order valence-corrected chi connectivity index (χ0v) is 15.6. The average Bonchev–Trinajstić information content (AvgIpc) is 2.70. The van der Waals surface area contributed by atoms with Crippen molar-refractivity contribution in [3.8, 4) is 0 Å². The van der Waals surface area contributed by atoms with E-state index in [4.69, 9.17) is 9.72 Å². The third-order valence-electron chi connectivity index (χ3n) is 5.22. The molecule has 1 aliphatic rings. The van der Waals surface area contributed by atoms with E-state index in [0.717, 1.165) is 41.4 Å². The van der Waals surface area contributed by atoms with Crippen LogP contribution in [0, 0.1) is 11.7 Å². The van der Waals surface area contributed by atoms with Gasteiger partial charge in [0.1, 0.15) is 5.82 Å². The van der Waals surface area contributed by atoms with Gasteiger partial charge in [-0.25, -0.2) is 9.18 Å². The first-order valence-electron chi connectivity index (χ1n) is 9.40. The molecule has 0 aliphatic heterocycles. The van der Waals surface area contributed by atoms with Gasteiger partial charge in [-0.1, -0.05) is 37.3 Å². The third-order valence-corrected chi connectivity index (χ3v) is 5.22. The van der Waals surface area contributed by atoms with E-state index in [1.807, 2.05) is 24.3 Å². The SMILES string of the molecule is C[C@H]1CCc2nc3ccccc3c(C(=O)OCC(=O)c3ccccc3F)c2C1. The fourth-order valence-electron chi connectivity index (χ4n) is 3.76. The fraction of sp³-hybridized carbons (Fsp3) is 0.261. The summed E-state index contributed by atoms with van der Waals surface area (Å²) < 4.78 is 19.1. The molecule has 2 aromatic carbocycles. The highest BCUT2D eigenvalue weighted by Gasteiger charge is 2.26. The molecule has 1 atom stereocenters. The van der Waals surface area contributed by atoms with Crippen LogP contribution in [0.5, 0.6) is 0 Å². The number of rotatable bonds is 4. The maximum Gasteiger partial charge on any atom is 0.339 e. The van der Waals surface area contributed by atoms with E-state index in [9.17, 15) is 14.0 Å². The van der Waals surface area contributed by atoms with Crippen molar-refractivity contribution in [1.82, 2.24) is 4.98 Å². The number of carbonyl (C=O) groups excluding carboxylic acids is 2. The predicted molar refractivity (Wildman–Crippen MR) is 104 cm³/mol. The van der Waals surface area contributed by atoms with Crippen LogP contribution in [0.4, 0.5) is 4.39 Å². The lowest BCUT2D eigenvalue weighted by atomic mass is 9.84. The highest BCUT2D eigenvalue weighted by Crippen LogP contribution is 2.32. The van der Waals surface area contributed by atoms with Crippen LogP contribution < -0.4 is 0 Å². The summed E-state index contributed by atoms with van der Waals surface area (Å²) in [5.41, 5.74) is 2.96. The molecule has 0 N–H and O–H groups in total. The second kappa shape index (κ2) is 7.50. The summed E-state index contributed by atoms with van der Waals surface area (Å²) in [6.45, 7) is 1.65. The standard InChI is InChI=1S/C23H20FNO3/c1-14-10-11-20-17(12-14)22(16-7-3-5-9-19(16)25-20)23(27)28-13-21(26)15-6-2-4-8-18(15)24/h2-9,14H,10-13H2,1H3/t14-/m0/s1. The highest BCUT2D eigenvalue weighted by atomic mass is 19.1. The van der Waals surface area contributed by atoms with Gasteiger partial charge in [-0.05, 0) is 48.9 Å². The molecule has 0 unspecified atom stereocenters. The Morgan fingerprint density at radius 2 is 1.89 bits per heavy atom. The number of nitrogens with zero attached hydrogens (tertiary/aromatic N) is 1. The Kier molecular flexibility index (Phi) is 4.90. The molecule has 1 heterocycles. The number of esters is 1. The molecule has 5 heteroatoms. The number of ether oxygens (including phenoxy) is 1. The number of ketones is 1. The number of aromatic nitrogens is 1. The second-order valence-electron chi connectivity index (χ2n) is 7.26. The summed E-state index contributed by atoms with van der Waals surface area (Å²) in [5.74, 6) is -1.30. The minimum Gasteiger partial charge on any atom is -0.454 e. The number of carbonyl (C=O) groups is 2. The van der Waals surface area contributed by atoms with Crippen LogP contribution in [-0.2, 0) is 17.6 Å². The zero-order chi connectivity index (χ0) is 19.7. The van der Waals surface area contributed by atoms with E-state index in [2.05, 4.69) is 6.92 Å². The van der Waals surface area contributed by atoms with Crippen LogP contribution >= 0.6 is 0 Å². The van der Waals surface area contributed by atoms with Crippen molar-refractivity contribution in [2.75, 3.05) is 6.61 Å². The Balaban J connectivity index is 1.66. The number of aryl methyl sites for hydroxylation is 1. The van der Waals surface area contributed by atoms with Gasteiger partial charge in [-0.2, -0.15) is 0 Å². The number of pyridine rings is 1. The molecule has 0 saturated carbocycles. The molecule has 142 valence electrons. The van der Waals surface area contributed by atoms with Gasteiger partial charge in [-0.3, -0.25) is 9.78 Å². The van der Waals surface area contributed by atoms with Gasteiger partial charge in [-0.15, -0.1) is 0 Å². The molecule has 4 nitrogen and oxygen atoms in total. The lowest BCUT2D eigenvalue weighted by Gasteiger charge is -2.24. The van der Waals surface area contributed by atoms with Gasteiger partial charge >= 0.3 is 5.97 Å². The summed E-state index contributed by atoms with van der Waals surface area (Å²) in [6, 6.07) is 13.1. The zero-order valence-electron chi connectivity index (χ0n) is 15.6. The maximum atomic E-state index is 13.8. The molecule has 1 aliphatic carbocycles. The molecule has 0 fully saturated rings. The van der Waals surface area contributed by atoms with Crippen LogP contribution in [0.1, 0.15) is 45.3 Å². The summed E-state index contributed by atoms with van der Waals surface area (Å²) in [5, 5.41) is 0.721. The van der Waals surface area contributed by atoms with E-state index in [1.54, 1.807) is 6.07 Å². The molecule has 1 aromatic heterocycles. The maximum absolute atomic E-state index is 13.8. The summed E-state index contributed by atoms with van der Waals surface area (Å²) in [6.07, 6.45) is 2.59. The minimum absolute atomic E-state index is 0.0782. The first-order valence-corrected chi connectivity index (χ1v) is 9.40. The van der Waals surface area contributed by atoms with Crippen molar-refractivity contribution in [1.29, 1.82) is 0 Å². The summed E-state index contributed by atoms with van der Waals surface area (Å²) in [4.78, 5) is 30.0. The normalized spacial score (nSPS) is 15.9. The van der Waals surface area contributed by atoms with E-state index < -0.39 is 24.2 Å². The topological polar surface area (TPSA) is 56.3 Å². The predicted octanol–water partition coefficient (Wildman–Crippen LogP) is 4.54.